The van der Waals surface area contributed by atoms with E-state index >= 15 is 0 Å². The zero-order valence-electron chi connectivity index (χ0n) is 11.2. The van der Waals surface area contributed by atoms with Gasteiger partial charge in [0.05, 0.1) is 0 Å². The number of aryl methyl sites for hydroxylation is 1. The predicted molar refractivity (Wildman–Crippen MR) is 70.7 cm³/mol. The second kappa shape index (κ2) is 5.96. The molecule has 0 aliphatic heterocycles. The fraction of sp³-hybridized carbons (Fsp3) is 0.500. The highest BCUT2D eigenvalue weighted by Crippen LogP contribution is 2.09. The van der Waals surface area contributed by atoms with Crippen LogP contribution < -0.4 is 11.1 Å². The molecule has 0 heterocycles. The molecule has 18 heavy (non-hydrogen) atoms. The maximum absolute atomic E-state index is 13.1. The molecule has 1 aromatic rings. The highest BCUT2D eigenvalue weighted by atomic mass is 19.1. The molecule has 0 unspecified atom stereocenters. The van der Waals surface area contributed by atoms with Crippen molar-refractivity contribution in [1.29, 1.82) is 0 Å². The van der Waals surface area contributed by atoms with Crippen molar-refractivity contribution in [2.45, 2.75) is 39.2 Å². The van der Waals surface area contributed by atoms with E-state index in [0.717, 1.165) is 5.56 Å². The van der Waals surface area contributed by atoms with Gasteiger partial charge in [0.1, 0.15) is 5.82 Å². The number of nitrogens with one attached hydrogen (secondary N) is 1. The van der Waals surface area contributed by atoms with Gasteiger partial charge in [-0.25, -0.2) is 4.39 Å². The molecule has 1 amide bonds. The van der Waals surface area contributed by atoms with E-state index in [1.165, 1.54) is 6.07 Å². The third-order valence-electron chi connectivity index (χ3n) is 2.57. The van der Waals surface area contributed by atoms with Crippen molar-refractivity contribution in [2.75, 3.05) is 6.54 Å². The summed E-state index contributed by atoms with van der Waals surface area (Å²) in [6, 6.07) is 4.99. The topological polar surface area (TPSA) is 55.1 Å². The Morgan fingerprint density at radius 3 is 2.67 bits per heavy atom. The van der Waals surface area contributed by atoms with Gasteiger partial charge in [-0.3, -0.25) is 4.79 Å². The summed E-state index contributed by atoms with van der Waals surface area (Å²) in [4.78, 5) is 11.5. The van der Waals surface area contributed by atoms with E-state index in [4.69, 9.17) is 5.73 Å². The maximum atomic E-state index is 13.1. The van der Waals surface area contributed by atoms with Gasteiger partial charge < -0.3 is 11.1 Å². The summed E-state index contributed by atoms with van der Waals surface area (Å²) in [7, 11) is 0. The standard InChI is InChI=1S/C14H21FN2O/c1-10-8-11(4-5-12(10)15)6-7-17-13(18)9-14(2,3)16/h4-5,8H,6-7,9,16H2,1-3H3,(H,17,18). The molecule has 0 aliphatic carbocycles. The summed E-state index contributed by atoms with van der Waals surface area (Å²) in [5.41, 5.74) is 6.91. The number of hydrogen-bond donors (Lipinski definition) is 2. The molecule has 100 valence electrons. The lowest BCUT2D eigenvalue weighted by atomic mass is 10.0. The van der Waals surface area contributed by atoms with Crippen molar-refractivity contribution in [3.63, 3.8) is 0 Å². The minimum atomic E-state index is -0.490. The van der Waals surface area contributed by atoms with E-state index in [9.17, 15) is 9.18 Å². The van der Waals surface area contributed by atoms with Gasteiger partial charge >= 0.3 is 0 Å². The number of carbonyl (C=O) groups is 1. The fourth-order valence-corrected chi connectivity index (χ4v) is 1.68. The van der Waals surface area contributed by atoms with Crippen LogP contribution in [0.5, 0.6) is 0 Å². The Morgan fingerprint density at radius 1 is 1.44 bits per heavy atom. The number of carbonyl (C=O) groups excluding carboxylic acids is 1. The number of halogens is 1. The molecule has 1 rings (SSSR count). The third-order valence-corrected chi connectivity index (χ3v) is 2.57. The van der Waals surface area contributed by atoms with Gasteiger partial charge in [0, 0.05) is 18.5 Å². The quantitative estimate of drug-likeness (QED) is 0.841. The van der Waals surface area contributed by atoms with Crippen molar-refractivity contribution in [3.8, 4) is 0 Å². The maximum Gasteiger partial charge on any atom is 0.221 e. The van der Waals surface area contributed by atoms with Crippen LogP contribution in [0.2, 0.25) is 0 Å². The lowest BCUT2D eigenvalue weighted by Crippen LogP contribution is -2.39. The molecule has 0 saturated carbocycles. The van der Waals surface area contributed by atoms with Crippen LogP contribution in [0.15, 0.2) is 18.2 Å². The molecule has 0 aliphatic rings. The van der Waals surface area contributed by atoms with Gasteiger partial charge in [0.15, 0.2) is 0 Å². The first-order chi connectivity index (χ1) is 8.28. The Morgan fingerprint density at radius 2 is 2.11 bits per heavy atom. The summed E-state index contributed by atoms with van der Waals surface area (Å²) in [5.74, 6) is -0.256. The van der Waals surface area contributed by atoms with Crippen molar-refractivity contribution < 1.29 is 9.18 Å². The molecule has 0 atom stereocenters. The SMILES string of the molecule is Cc1cc(CCNC(=O)CC(C)(C)N)ccc1F. The molecule has 0 bridgehead atoms. The highest BCUT2D eigenvalue weighted by molar-refractivity contribution is 5.77. The van der Waals surface area contributed by atoms with Gasteiger partial charge in [-0.1, -0.05) is 12.1 Å². The highest BCUT2D eigenvalue weighted by Gasteiger charge is 2.15. The average molecular weight is 252 g/mol. The predicted octanol–water partition coefficient (Wildman–Crippen LogP) is 1.92. The number of amides is 1. The van der Waals surface area contributed by atoms with Crippen molar-refractivity contribution in [1.82, 2.24) is 5.32 Å². The van der Waals surface area contributed by atoms with Crippen LogP contribution in [0.3, 0.4) is 0 Å². The molecule has 1 aromatic carbocycles. The van der Waals surface area contributed by atoms with E-state index in [0.29, 0.717) is 24.9 Å². The summed E-state index contributed by atoms with van der Waals surface area (Å²) in [6.07, 6.45) is 0.993. The Balaban J connectivity index is 2.38. The van der Waals surface area contributed by atoms with E-state index in [1.807, 2.05) is 13.8 Å². The van der Waals surface area contributed by atoms with E-state index in [-0.39, 0.29) is 11.7 Å². The second-order valence-corrected chi connectivity index (χ2v) is 5.35. The lowest BCUT2D eigenvalue weighted by molar-refractivity contribution is -0.121. The third kappa shape index (κ3) is 5.27. The van der Waals surface area contributed by atoms with Crippen LogP contribution in [0.25, 0.3) is 0 Å². The van der Waals surface area contributed by atoms with Crippen LogP contribution in [-0.2, 0) is 11.2 Å². The second-order valence-electron chi connectivity index (χ2n) is 5.35. The van der Waals surface area contributed by atoms with Gasteiger partial charge in [-0.05, 0) is 44.4 Å². The smallest absolute Gasteiger partial charge is 0.221 e. The summed E-state index contributed by atoms with van der Waals surface area (Å²) >= 11 is 0. The minimum absolute atomic E-state index is 0.0543. The molecule has 0 aromatic heterocycles. The monoisotopic (exact) mass is 252 g/mol. The average Bonchev–Trinajstić information content (AvgIpc) is 2.20. The summed E-state index contributed by atoms with van der Waals surface area (Å²) in [6.45, 7) is 5.90. The first kappa shape index (κ1) is 14.6. The van der Waals surface area contributed by atoms with Gasteiger partial charge in [-0.15, -0.1) is 0 Å². The van der Waals surface area contributed by atoms with Gasteiger partial charge in [0.2, 0.25) is 5.91 Å². The molecule has 0 fully saturated rings. The lowest BCUT2D eigenvalue weighted by Gasteiger charge is -2.17. The van der Waals surface area contributed by atoms with Crippen LogP contribution in [0.1, 0.15) is 31.4 Å². The minimum Gasteiger partial charge on any atom is -0.356 e. The largest absolute Gasteiger partial charge is 0.356 e. The number of hydrogen-bond acceptors (Lipinski definition) is 2. The molecule has 0 saturated heterocycles. The molecule has 0 radical (unpaired) electrons. The van der Waals surface area contributed by atoms with Gasteiger partial charge in [-0.2, -0.15) is 0 Å². The van der Waals surface area contributed by atoms with Crippen molar-refractivity contribution in [3.05, 3.63) is 35.1 Å². The molecule has 0 spiro atoms. The summed E-state index contributed by atoms with van der Waals surface area (Å²) < 4.78 is 13.1. The summed E-state index contributed by atoms with van der Waals surface area (Å²) in [5, 5.41) is 2.81. The molecule has 3 nitrogen and oxygen atoms in total. The molecular weight excluding hydrogens is 231 g/mol. The van der Waals surface area contributed by atoms with Crippen LogP contribution >= 0.6 is 0 Å². The Bertz CT molecular complexity index is 424. The number of nitrogens with two attached hydrogens (primary N) is 1. The first-order valence-corrected chi connectivity index (χ1v) is 6.08. The molecule has 3 N–H and O–H groups in total. The van der Waals surface area contributed by atoms with Gasteiger partial charge in [0.25, 0.3) is 0 Å². The molecular formula is C14H21FN2O. The van der Waals surface area contributed by atoms with Crippen LogP contribution in [0, 0.1) is 12.7 Å². The number of rotatable bonds is 5. The van der Waals surface area contributed by atoms with Crippen molar-refractivity contribution in [2.24, 2.45) is 5.73 Å². The van der Waals surface area contributed by atoms with Crippen LogP contribution in [0.4, 0.5) is 4.39 Å². The Labute approximate surface area is 108 Å². The Kier molecular flexibility index (Phi) is 4.84. The zero-order chi connectivity index (χ0) is 13.8. The first-order valence-electron chi connectivity index (χ1n) is 6.08. The number of benzene rings is 1. The van der Waals surface area contributed by atoms with E-state index in [2.05, 4.69) is 5.32 Å². The fourth-order valence-electron chi connectivity index (χ4n) is 1.68. The zero-order valence-corrected chi connectivity index (χ0v) is 11.2. The normalized spacial score (nSPS) is 11.4. The van der Waals surface area contributed by atoms with E-state index < -0.39 is 5.54 Å². The van der Waals surface area contributed by atoms with E-state index in [1.54, 1.807) is 19.1 Å². The Hall–Kier alpha value is -1.42. The van der Waals surface area contributed by atoms with Crippen molar-refractivity contribution >= 4 is 5.91 Å². The van der Waals surface area contributed by atoms with Crippen LogP contribution in [-0.4, -0.2) is 18.0 Å². The molecule has 4 heteroatoms.